The zero-order valence-electron chi connectivity index (χ0n) is 18.9. The molecule has 1 heterocycles. The van der Waals surface area contributed by atoms with E-state index in [1.165, 1.54) is 12.1 Å². The van der Waals surface area contributed by atoms with E-state index in [-0.39, 0.29) is 17.6 Å². The van der Waals surface area contributed by atoms with E-state index in [0.717, 1.165) is 11.1 Å². The van der Waals surface area contributed by atoms with Gasteiger partial charge in [0.15, 0.2) is 6.10 Å². The number of likely N-dealkylation sites (N-methyl/N-ethyl adjacent to an activating group) is 1. The first-order valence-corrected chi connectivity index (χ1v) is 10.8. The molecule has 0 fully saturated rings. The van der Waals surface area contributed by atoms with Crippen molar-refractivity contribution in [2.45, 2.75) is 53.2 Å². The Morgan fingerprint density at radius 1 is 1.23 bits per heavy atom. The summed E-state index contributed by atoms with van der Waals surface area (Å²) in [5.74, 6) is 0.0230. The normalized spacial score (nSPS) is 17.0. The van der Waals surface area contributed by atoms with Crippen LogP contribution in [-0.2, 0) is 16.0 Å². The van der Waals surface area contributed by atoms with Gasteiger partial charge in [-0.25, -0.2) is 4.39 Å². The summed E-state index contributed by atoms with van der Waals surface area (Å²) in [6, 6.07) is 11.7. The number of rotatable bonds is 5. The molecule has 5 nitrogen and oxygen atoms in total. The third-order valence-electron chi connectivity index (χ3n) is 5.45. The Bertz CT molecular complexity index is 967. The van der Waals surface area contributed by atoms with Gasteiger partial charge in [-0.05, 0) is 61.2 Å². The van der Waals surface area contributed by atoms with Crippen LogP contribution in [0.3, 0.4) is 0 Å². The van der Waals surface area contributed by atoms with Crippen LogP contribution in [0.1, 0.15) is 57.4 Å². The van der Waals surface area contributed by atoms with Crippen molar-refractivity contribution in [2.75, 3.05) is 13.1 Å². The maximum atomic E-state index is 14.1. The third kappa shape index (κ3) is 5.06. The van der Waals surface area contributed by atoms with Crippen molar-refractivity contribution in [1.82, 2.24) is 10.2 Å². The van der Waals surface area contributed by atoms with E-state index in [9.17, 15) is 14.0 Å². The molecule has 166 valence electrons. The number of benzene rings is 2. The lowest BCUT2D eigenvalue weighted by atomic mass is 9.85. The van der Waals surface area contributed by atoms with Crippen LogP contribution < -0.4 is 10.1 Å². The average molecular weight is 427 g/mol. The monoisotopic (exact) mass is 426 g/mol. The number of amides is 2. The van der Waals surface area contributed by atoms with Crippen LogP contribution in [0.15, 0.2) is 42.5 Å². The summed E-state index contributed by atoms with van der Waals surface area (Å²) in [5, 5.41) is 2.75. The van der Waals surface area contributed by atoms with Crippen LogP contribution in [0.2, 0.25) is 0 Å². The van der Waals surface area contributed by atoms with Crippen molar-refractivity contribution in [2.24, 2.45) is 5.41 Å². The molecule has 6 heteroatoms. The summed E-state index contributed by atoms with van der Waals surface area (Å²) >= 11 is 0. The van der Waals surface area contributed by atoms with E-state index in [2.05, 4.69) is 5.32 Å². The maximum Gasteiger partial charge on any atom is 0.260 e. The molecule has 0 spiro atoms. The second-order valence-electron chi connectivity index (χ2n) is 8.97. The summed E-state index contributed by atoms with van der Waals surface area (Å²) in [5.41, 5.74) is 2.14. The van der Waals surface area contributed by atoms with Gasteiger partial charge in [-0.15, -0.1) is 0 Å². The predicted octanol–water partition coefficient (Wildman–Crippen LogP) is 4.25. The van der Waals surface area contributed by atoms with Crippen LogP contribution >= 0.6 is 0 Å². The number of carbonyl (C=O) groups is 2. The molecule has 0 saturated carbocycles. The van der Waals surface area contributed by atoms with Gasteiger partial charge < -0.3 is 15.0 Å². The number of hydrogen-bond donors (Lipinski definition) is 1. The molecule has 31 heavy (non-hydrogen) atoms. The van der Waals surface area contributed by atoms with Gasteiger partial charge in [0, 0.05) is 18.5 Å². The molecule has 2 aromatic carbocycles. The number of nitrogens with zero attached hydrogens (tertiary/aromatic N) is 1. The second-order valence-corrected chi connectivity index (χ2v) is 8.97. The zero-order chi connectivity index (χ0) is 22.8. The number of ether oxygens (including phenoxy) is 1. The summed E-state index contributed by atoms with van der Waals surface area (Å²) < 4.78 is 20.0. The van der Waals surface area contributed by atoms with Crippen molar-refractivity contribution in [3.8, 4) is 5.75 Å². The summed E-state index contributed by atoms with van der Waals surface area (Å²) in [4.78, 5) is 27.2. The highest BCUT2D eigenvalue weighted by molar-refractivity contribution is 5.83. The van der Waals surface area contributed by atoms with Gasteiger partial charge in [0.2, 0.25) is 5.91 Å². The van der Waals surface area contributed by atoms with Gasteiger partial charge in [0.05, 0.1) is 6.04 Å². The predicted molar refractivity (Wildman–Crippen MR) is 118 cm³/mol. The lowest BCUT2D eigenvalue weighted by Gasteiger charge is -2.41. The molecule has 1 N–H and O–H groups in total. The Morgan fingerprint density at radius 3 is 2.61 bits per heavy atom. The maximum absolute atomic E-state index is 14.1. The first kappa shape index (κ1) is 22.8. The first-order chi connectivity index (χ1) is 14.6. The van der Waals surface area contributed by atoms with E-state index in [4.69, 9.17) is 4.74 Å². The quantitative estimate of drug-likeness (QED) is 0.778. The molecular formula is C25H31FN2O3. The van der Waals surface area contributed by atoms with Gasteiger partial charge in [-0.1, -0.05) is 39.0 Å². The minimum Gasteiger partial charge on any atom is -0.481 e. The van der Waals surface area contributed by atoms with Crippen molar-refractivity contribution in [3.63, 3.8) is 0 Å². The van der Waals surface area contributed by atoms with Crippen LogP contribution in [0.25, 0.3) is 0 Å². The van der Waals surface area contributed by atoms with Crippen LogP contribution in [0, 0.1) is 11.2 Å². The van der Waals surface area contributed by atoms with Gasteiger partial charge in [-0.2, -0.15) is 0 Å². The van der Waals surface area contributed by atoms with E-state index >= 15 is 0 Å². The fraction of sp³-hybridized carbons (Fsp3) is 0.440. The Hall–Kier alpha value is -2.89. The molecule has 2 aromatic rings. The van der Waals surface area contributed by atoms with E-state index in [1.54, 1.807) is 13.0 Å². The largest absolute Gasteiger partial charge is 0.481 e. The molecule has 0 unspecified atom stereocenters. The highest BCUT2D eigenvalue weighted by Crippen LogP contribution is 2.39. The molecule has 0 radical (unpaired) electrons. The van der Waals surface area contributed by atoms with Crippen LogP contribution in [0.4, 0.5) is 4.39 Å². The van der Waals surface area contributed by atoms with Gasteiger partial charge >= 0.3 is 0 Å². The lowest BCUT2D eigenvalue weighted by Crippen LogP contribution is -2.45. The second kappa shape index (κ2) is 9.08. The molecular weight excluding hydrogens is 395 g/mol. The average Bonchev–Trinajstić information content (AvgIpc) is 2.71. The van der Waals surface area contributed by atoms with Crippen molar-refractivity contribution in [1.29, 1.82) is 0 Å². The molecule has 1 aliphatic heterocycles. The fourth-order valence-corrected chi connectivity index (χ4v) is 3.93. The van der Waals surface area contributed by atoms with Gasteiger partial charge in [0.1, 0.15) is 11.6 Å². The van der Waals surface area contributed by atoms with Crippen LogP contribution in [0.5, 0.6) is 5.75 Å². The Balaban J connectivity index is 2.03. The Morgan fingerprint density at radius 2 is 1.97 bits per heavy atom. The Labute approximate surface area is 183 Å². The molecule has 2 amide bonds. The Kier molecular flexibility index (Phi) is 6.68. The molecule has 3 rings (SSSR count). The molecule has 0 saturated heterocycles. The van der Waals surface area contributed by atoms with E-state index < -0.39 is 17.6 Å². The number of hydrogen-bond acceptors (Lipinski definition) is 3. The standard InChI is InChI=1S/C25H31FN2O3/c1-6-27-23(29)16(2)31-20-11-10-17-12-13-28(24(30)25(3,4)5)22(21(17)15-20)18-8-7-9-19(26)14-18/h7-11,14-16,22H,6,12-13H2,1-5H3,(H,27,29)/t16-,22+/m1/s1. The molecule has 0 aromatic heterocycles. The minimum atomic E-state index is -0.651. The summed E-state index contributed by atoms with van der Waals surface area (Å²) in [7, 11) is 0. The zero-order valence-corrected chi connectivity index (χ0v) is 18.9. The highest BCUT2D eigenvalue weighted by atomic mass is 19.1. The smallest absolute Gasteiger partial charge is 0.260 e. The molecule has 1 aliphatic rings. The summed E-state index contributed by atoms with van der Waals surface area (Å²) in [6.45, 7) is 10.3. The molecule has 2 atom stereocenters. The SMILES string of the molecule is CCNC(=O)[C@@H](C)Oc1ccc2c(c1)[C@H](c1cccc(F)c1)N(C(=O)C(C)(C)C)CC2. The van der Waals surface area contributed by atoms with Gasteiger partial charge in [-0.3, -0.25) is 9.59 Å². The lowest BCUT2D eigenvalue weighted by molar-refractivity contribution is -0.141. The fourth-order valence-electron chi connectivity index (χ4n) is 3.93. The summed E-state index contributed by atoms with van der Waals surface area (Å²) in [6.07, 6.45) is 0.0521. The van der Waals surface area contributed by atoms with Gasteiger partial charge in [0.25, 0.3) is 5.91 Å². The number of nitrogens with one attached hydrogen (secondary N) is 1. The number of carbonyl (C=O) groups excluding carboxylic acids is 2. The minimum absolute atomic E-state index is 0.00873. The van der Waals surface area contributed by atoms with Crippen molar-refractivity contribution >= 4 is 11.8 Å². The third-order valence-corrected chi connectivity index (χ3v) is 5.45. The first-order valence-electron chi connectivity index (χ1n) is 10.8. The molecule has 0 aliphatic carbocycles. The van der Waals surface area contributed by atoms with Crippen molar-refractivity contribution < 1.29 is 18.7 Å². The van der Waals surface area contributed by atoms with Crippen LogP contribution in [-0.4, -0.2) is 35.9 Å². The number of fused-ring (bicyclic) bond motifs is 1. The van der Waals surface area contributed by atoms with E-state index in [1.807, 2.05) is 56.9 Å². The number of halogens is 1. The topological polar surface area (TPSA) is 58.6 Å². The molecule has 0 bridgehead atoms. The highest BCUT2D eigenvalue weighted by Gasteiger charge is 2.37. The van der Waals surface area contributed by atoms with E-state index in [0.29, 0.717) is 30.8 Å². The van der Waals surface area contributed by atoms with Crippen molar-refractivity contribution in [3.05, 3.63) is 65.0 Å².